The first-order valence-corrected chi connectivity index (χ1v) is 11.7. The monoisotopic (exact) mass is 528 g/mol. The second-order valence-corrected chi connectivity index (χ2v) is 9.01. The predicted molar refractivity (Wildman–Crippen MR) is 129 cm³/mol. The van der Waals surface area contributed by atoms with Crippen molar-refractivity contribution in [1.29, 1.82) is 0 Å². The number of rotatable bonds is 10. The van der Waals surface area contributed by atoms with Crippen molar-refractivity contribution < 1.29 is 14.3 Å². The van der Waals surface area contributed by atoms with Crippen molar-refractivity contribution in [3.05, 3.63) is 62.5 Å². The first-order valence-electron chi connectivity index (χ1n) is 10.2. The highest BCUT2D eigenvalue weighted by atomic mass is 79.9. The molecule has 0 radical (unpaired) electrons. The average Bonchev–Trinajstić information content (AvgIpc) is 2.74. The fourth-order valence-corrected chi connectivity index (χ4v) is 3.82. The van der Waals surface area contributed by atoms with Crippen LogP contribution in [-0.2, 0) is 16.1 Å². The molecule has 8 heteroatoms. The molecule has 168 valence electrons. The first kappa shape index (κ1) is 25.5. The maximum Gasteiger partial charge on any atom is 0.261 e. The van der Waals surface area contributed by atoms with Crippen LogP contribution in [0.25, 0.3) is 0 Å². The topological polar surface area (TPSA) is 58.6 Å². The molecular weight excluding hydrogens is 503 g/mol. The summed E-state index contributed by atoms with van der Waals surface area (Å²) in [5, 5.41) is 3.98. The number of hydrogen-bond donors (Lipinski definition) is 1. The molecule has 0 bridgehead atoms. The molecule has 0 aliphatic heterocycles. The van der Waals surface area contributed by atoms with E-state index in [1.54, 1.807) is 35.2 Å². The van der Waals surface area contributed by atoms with Crippen LogP contribution in [0.15, 0.2) is 46.9 Å². The summed E-state index contributed by atoms with van der Waals surface area (Å²) >= 11 is 15.5. The van der Waals surface area contributed by atoms with Gasteiger partial charge in [0.05, 0.1) is 5.02 Å². The highest BCUT2D eigenvalue weighted by Crippen LogP contribution is 2.28. The van der Waals surface area contributed by atoms with Gasteiger partial charge in [-0.05, 0) is 55.7 Å². The minimum atomic E-state index is -0.624. The minimum Gasteiger partial charge on any atom is -0.482 e. The molecule has 0 saturated heterocycles. The summed E-state index contributed by atoms with van der Waals surface area (Å²) in [4.78, 5) is 27.6. The van der Waals surface area contributed by atoms with Crippen LogP contribution in [0.5, 0.6) is 5.75 Å². The van der Waals surface area contributed by atoms with Gasteiger partial charge in [0, 0.05) is 22.1 Å². The van der Waals surface area contributed by atoms with E-state index in [4.69, 9.17) is 27.9 Å². The van der Waals surface area contributed by atoms with Crippen LogP contribution in [0, 0.1) is 0 Å². The lowest BCUT2D eigenvalue weighted by atomic mass is 10.1. The largest absolute Gasteiger partial charge is 0.482 e. The molecule has 2 aromatic carbocycles. The van der Waals surface area contributed by atoms with Gasteiger partial charge in [-0.25, -0.2) is 0 Å². The second-order valence-electron chi connectivity index (χ2n) is 7.25. The highest BCUT2D eigenvalue weighted by molar-refractivity contribution is 9.10. The SMILES string of the molecule is CC[C@H](C(=O)N[C@@H](C)CC)N(Cc1ccc(Cl)cc1)C(=O)COc1ccc(Br)cc1Cl. The number of nitrogens with one attached hydrogen (secondary N) is 1. The zero-order valence-electron chi connectivity index (χ0n) is 17.8. The van der Waals surface area contributed by atoms with Gasteiger partial charge in [-0.15, -0.1) is 0 Å². The van der Waals surface area contributed by atoms with Crippen LogP contribution in [-0.4, -0.2) is 35.4 Å². The third kappa shape index (κ3) is 7.70. The molecule has 31 heavy (non-hydrogen) atoms. The van der Waals surface area contributed by atoms with Gasteiger partial charge >= 0.3 is 0 Å². The van der Waals surface area contributed by atoms with Crippen molar-refractivity contribution in [2.45, 2.75) is 52.2 Å². The highest BCUT2D eigenvalue weighted by Gasteiger charge is 2.29. The molecule has 2 rings (SSSR count). The molecule has 0 spiro atoms. The Morgan fingerprint density at radius 3 is 2.35 bits per heavy atom. The number of nitrogens with zero attached hydrogens (tertiary/aromatic N) is 1. The Balaban J connectivity index is 2.22. The van der Waals surface area contributed by atoms with E-state index in [1.807, 2.05) is 32.9 Å². The molecule has 5 nitrogen and oxygen atoms in total. The summed E-state index contributed by atoms with van der Waals surface area (Å²) in [5.74, 6) is -0.0808. The van der Waals surface area contributed by atoms with Crippen molar-refractivity contribution in [2.24, 2.45) is 0 Å². The molecule has 1 N–H and O–H groups in total. The van der Waals surface area contributed by atoms with Crippen LogP contribution in [0.1, 0.15) is 39.2 Å². The second kappa shape index (κ2) is 12.3. The van der Waals surface area contributed by atoms with Crippen molar-refractivity contribution in [2.75, 3.05) is 6.61 Å². The third-order valence-corrected chi connectivity index (χ3v) is 5.94. The van der Waals surface area contributed by atoms with Gasteiger partial charge < -0.3 is 15.0 Å². The summed E-state index contributed by atoms with van der Waals surface area (Å²) in [5.41, 5.74) is 0.870. The Bertz CT molecular complexity index is 893. The lowest BCUT2D eigenvalue weighted by Crippen LogP contribution is -2.51. The van der Waals surface area contributed by atoms with Gasteiger partial charge in [0.1, 0.15) is 11.8 Å². The third-order valence-electron chi connectivity index (χ3n) is 4.90. The molecular formula is C23H27BrCl2N2O3. The summed E-state index contributed by atoms with van der Waals surface area (Å²) in [6, 6.07) is 11.8. The maximum atomic E-state index is 13.2. The molecule has 0 aliphatic rings. The van der Waals surface area contributed by atoms with E-state index >= 15 is 0 Å². The summed E-state index contributed by atoms with van der Waals surface area (Å²) in [7, 11) is 0. The van der Waals surface area contributed by atoms with E-state index in [0.29, 0.717) is 22.2 Å². The average molecular weight is 530 g/mol. The summed E-state index contributed by atoms with van der Waals surface area (Å²) < 4.78 is 6.48. The molecule has 2 atom stereocenters. The van der Waals surface area contributed by atoms with Gasteiger partial charge in [0.25, 0.3) is 5.91 Å². The van der Waals surface area contributed by atoms with Crippen molar-refractivity contribution in [1.82, 2.24) is 10.2 Å². The number of amides is 2. The van der Waals surface area contributed by atoms with Crippen LogP contribution >= 0.6 is 39.1 Å². The first-order chi connectivity index (χ1) is 14.7. The Morgan fingerprint density at radius 2 is 1.77 bits per heavy atom. The zero-order chi connectivity index (χ0) is 23.0. The number of benzene rings is 2. The summed E-state index contributed by atoms with van der Waals surface area (Å²) in [6.45, 7) is 5.85. The predicted octanol–water partition coefficient (Wildman–Crippen LogP) is 5.86. The lowest BCUT2D eigenvalue weighted by Gasteiger charge is -2.31. The molecule has 0 fully saturated rings. The normalized spacial score (nSPS) is 12.7. The standard InChI is InChI=1S/C23H27BrCl2N2O3/c1-4-15(3)27-23(30)20(5-2)28(13-16-6-9-18(25)10-7-16)22(29)14-31-21-11-8-17(24)12-19(21)26/h6-12,15,20H,4-5,13-14H2,1-3H3,(H,27,30)/t15-,20+/m0/s1. The van der Waals surface area contributed by atoms with E-state index in [-0.39, 0.29) is 31.0 Å². The Hall–Kier alpha value is -1.76. The molecule has 2 amide bonds. The van der Waals surface area contributed by atoms with Crippen LogP contribution in [0.3, 0.4) is 0 Å². The van der Waals surface area contributed by atoms with Crippen LogP contribution in [0.2, 0.25) is 10.0 Å². The van der Waals surface area contributed by atoms with Gasteiger partial charge in [-0.1, -0.05) is 65.1 Å². The van der Waals surface area contributed by atoms with Crippen LogP contribution in [0.4, 0.5) is 0 Å². The Kier molecular flexibility index (Phi) is 10.1. The number of ether oxygens (including phenoxy) is 1. The molecule has 0 aromatic heterocycles. The summed E-state index contributed by atoms with van der Waals surface area (Å²) in [6.07, 6.45) is 1.28. The van der Waals surface area contributed by atoms with E-state index in [2.05, 4.69) is 21.2 Å². The molecule has 0 saturated carbocycles. The van der Waals surface area contributed by atoms with E-state index in [9.17, 15) is 9.59 Å². The van der Waals surface area contributed by atoms with E-state index in [0.717, 1.165) is 16.5 Å². The molecule has 0 unspecified atom stereocenters. The maximum absolute atomic E-state index is 13.2. The lowest BCUT2D eigenvalue weighted by molar-refractivity contribution is -0.143. The quantitative estimate of drug-likeness (QED) is 0.419. The molecule has 2 aromatic rings. The fraction of sp³-hybridized carbons (Fsp3) is 0.391. The van der Waals surface area contributed by atoms with E-state index < -0.39 is 6.04 Å². The van der Waals surface area contributed by atoms with Gasteiger partial charge in [-0.2, -0.15) is 0 Å². The minimum absolute atomic E-state index is 0.0202. The Labute approximate surface area is 202 Å². The van der Waals surface area contributed by atoms with Crippen molar-refractivity contribution in [3.8, 4) is 5.75 Å². The number of carbonyl (C=O) groups excluding carboxylic acids is 2. The van der Waals surface area contributed by atoms with Gasteiger partial charge in [-0.3, -0.25) is 9.59 Å². The number of carbonyl (C=O) groups is 2. The fourth-order valence-electron chi connectivity index (χ4n) is 2.96. The zero-order valence-corrected chi connectivity index (χ0v) is 20.9. The van der Waals surface area contributed by atoms with Crippen LogP contribution < -0.4 is 10.1 Å². The van der Waals surface area contributed by atoms with Crippen molar-refractivity contribution in [3.63, 3.8) is 0 Å². The molecule has 0 heterocycles. The van der Waals surface area contributed by atoms with Gasteiger partial charge in [0.15, 0.2) is 6.61 Å². The smallest absolute Gasteiger partial charge is 0.261 e. The number of hydrogen-bond acceptors (Lipinski definition) is 3. The molecule has 0 aliphatic carbocycles. The van der Waals surface area contributed by atoms with E-state index in [1.165, 1.54) is 0 Å². The van der Waals surface area contributed by atoms with Crippen molar-refractivity contribution >= 4 is 50.9 Å². The van der Waals surface area contributed by atoms with Gasteiger partial charge in [0.2, 0.25) is 5.91 Å². The Morgan fingerprint density at radius 1 is 1.10 bits per heavy atom. The number of halogens is 3.